The third-order valence-corrected chi connectivity index (χ3v) is 5.87. The van der Waals surface area contributed by atoms with Gasteiger partial charge in [-0.05, 0) is 45.4 Å². The summed E-state index contributed by atoms with van der Waals surface area (Å²) in [5, 5.41) is 0. The number of hydrogen-bond donors (Lipinski definition) is 0. The summed E-state index contributed by atoms with van der Waals surface area (Å²) in [5.41, 5.74) is 0.259. The van der Waals surface area contributed by atoms with Crippen molar-refractivity contribution in [2.45, 2.75) is 50.6 Å². The summed E-state index contributed by atoms with van der Waals surface area (Å²) in [6.45, 7) is 8.59. The van der Waals surface area contributed by atoms with Gasteiger partial charge in [-0.15, -0.1) is 0 Å². The van der Waals surface area contributed by atoms with E-state index in [2.05, 4.69) is 0 Å². The Kier molecular flexibility index (Phi) is 5.28. The maximum atomic E-state index is 12.1. The van der Waals surface area contributed by atoms with Crippen LogP contribution < -0.4 is 4.74 Å². The molecule has 1 fully saturated rings. The standard InChI is InChI=1S/C20H28BNO5/c1-19(2)20(3,4)27-21(26-19)17-13-22(18(23)25-6)12-11-16(17)14-7-9-15(24-5)10-8-14/h7-12,16-17H,13H2,1-6H3/t16-,17+/m1/s1. The molecule has 0 aromatic heterocycles. The largest absolute Gasteiger partial charge is 0.497 e. The van der Waals surface area contributed by atoms with Gasteiger partial charge in [0.2, 0.25) is 0 Å². The fourth-order valence-electron chi connectivity index (χ4n) is 3.50. The first-order chi connectivity index (χ1) is 12.7. The smallest absolute Gasteiger partial charge is 0.463 e. The van der Waals surface area contributed by atoms with Gasteiger partial charge in [0.05, 0.1) is 25.4 Å². The molecule has 0 N–H and O–H groups in total. The van der Waals surface area contributed by atoms with E-state index in [1.807, 2.05) is 58.0 Å². The van der Waals surface area contributed by atoms with Gasteiger partial charge >= 0.3 is 13.2 Å². The molecule has 2 heterocycles. The topological polar surface area (TPSA) is 57.2 Å². The first-order valence-corrected chi connectivity index (χ1v) is 9.21. The van der Waals surface area contributed by atoms with Crippen LogP contribution in [0.25, 0.3) is 0 Å². The van der Waals surface area contributed by atoms with Crippen LogP contribution in [0, 0.1) is 0 Å². The molecule has 0 saturated carbocycles. The van der Waals surface area contributed by atoms with E-state index in [-0.39, 0.29) is 17.8 Å². The molecule has 1 aromatic carbocycles. The molecule has 7 heteroatoms. The molecule has 146 valence electrons. The van der Waals surface area contributed by atoms with Crippen molar-refractivity contribution in [3.05, 3.63) is 42.1 Å². The van der Waals surface area contributed by atoms with Crippen LogP contribution in [-0.2, 0) is 14.0 Å². The molecule has 3 rings (SSSR count). The Bertz CT molecular complexity index is 700. The number of methoxy groups -OCH3 is 2. The number of hydrogen-bond acceptors (Lipinski definition) is 5. The Hall–Kier alpha value is -1.99. The summed E-state index contributed by atoms with van der Waals surface area (Å²) in [4.78, 5) is 13.6. The molecular formula is C20H28BNO5. The van der Waals surface area contributed by atoms with Crippen molar-refractivity contribution in [1.82, 2.24) is 4.90 Å². The Morgan fingerprint density at radius 3 is 2.22 bits per heavy atom. The Labute approximate surface area is 161 Å². The second kappa shape index (κ2) is 7.21. The van der Waals surface area contributed by atoms with Crippen LogP contribution in [0.3, 0.4) is 0 Å². The number of carbonyl (C=O) groups is 1. The molecule has 2 atom stereocenters. The molecule has 0 radical (unpaired) electrons. The molecule has 27 heavy (non-hydrogen) atoms. The number of benzene rings is 1. The van der Waals surface area contributed by atoms with E-state index in [9.17, 15) is 4.79 Å². The lowest BCUT2D eigenvalue weighted by Crippen LogP contribution is -2.41. The minimum Gasteiger partial charge on any atom is -0.497 e. The summed E-state index contributed by atoms with van der Waals surface area (Å²) >= 11 is 0. The van der Waals surface area contributed by atoms with Crippen LogP contribution in [0.15, 0.2) is 36.5 Å². The second-order valence-electron chi connectivity index (χ2n) is 8.05. The zero-order valence-electron chi connectivity index (χ0n) is 16.9. The van der Waals surface area contributed by atoms with Crippen molar-refractivity contribution in [3.63, 3.8) is 0 Å². The minimum atomic E-state index is -0.431. The first-order valence-electron chi connectivity index (χ1n) is 9.21. The van der Waals surface area contributed by atoms with E-state index in [0.717, 1.165) is 11.3 Å². The lowest BCUT2D eigenvalue weighted by molar-refractivity contribution is 0.00578. The fraction of sp³-hybridized carbons (Fsp3) is 0.550. The summed E-state index contributed by atoms with van der Waals surface area (Å²) in [6.07, 6.45) is 3.40. The van der Waals surface area contributed by atoms with Gasteiger partial charge in [-0.3, -0.25) is 4.90 Å². The van der Waals surface area contributed by atoms with Crippen molar-refractivity contribution in [3.8, 4) is 5.75 Å². The van der Waals surface area contributed by atoms with Gasteiger partial charge in [0.1, 0.15) is 5.75 Å². The zero-order valence-corrected chi connectivity index (χ0v) is 16.9. The Morgan fingerprint density at radius 2 is 1.70 bits per heavy atom. The third-order valence-electron chi connectivity index (χ3n) is 5.87. The molecule has 1 saturated heterocycles. The highest BCUT2D eigenvalue weighted by Gasteiger charge is 2.55. The molecule has 6 nitrogen and oxygen atoms in total. The number of nitrogens with zero attached hydrogens (tertiary/aromatic N) is 1. The van der Waals surface area contributed by atoms with Gasteiger partial charge in [0.15, 0.2) is 0 Å². The maximum absolute atomic E-state index is 12.1. The SMILES string of the molecule is COC(=O)N1C=C[C@H](c2ccc(OC)cc2)[C@@H](B2OC(C)(C)C(C)(C)O2)C1. The van der Waals surface area contributed by atoms with Crippen LogP contribution in [0.1, 0.15) is 39.2 Å². The summed E-state index contributed by atoms with van der Waals surface area (Å²) < 4.78 is 22.8. The number of ether oxygens (including phenoxy) is 2. The third kappa shape index (κ3) is 3.71. The number of rotatable bonds is 3. The molecular weight excluding hydrogens is 345 g/mol. The fourth-order valence-corrected chi connectivity index (χ4v) is 3.50. The van der Waals surface area contributed by atoms with E-state index in [4.69, 9.17) is 18.8 Å². The molecule has 0 spiro atoms. The number of amides is 1. The quantitative estimate of drug-likeness (QED) is 0.754. The molecule has 2 aliphatic heterocycles. The van der Waals surface area contributed by atoms with Crippen LogP contribution >= 0.6 is 0 Å². The average Bonchev–Trinajstić information content (AvgIpc) is 2.88. The van der Waals surface area contributed by atoms with Crippen molar-refractivity contribution in [1.29, 1.82) is 0 Å². The van der Waals surface area contributed by atoms with Crippen LogP contribution in [0.4, 0.5) is 4.79 Å². The van der Waals surface area contributed by atoms with Crippen LogP contribution in [0.2, 0.25) is 5.82 Å². The van der Waals surface area contributed by atoms with Gasteiger partial charge in [-0.25, -0.2) is 4.79 Å². The Balaban J connectivity index is 1.92. The highest BCUT2D eigenvalue weighted by Crippen LogP contribution is 2.46. The normalized spacial score (nSPS) is 26.1. The van der Waals surface area contributed by atoms with Crippen molar-refractivity contribution in [2.24, 2.45) is 0 Å². The maximum Gasteiger partial charge on any atom is 0.463 e. The molecule has 2 aliphatic rings. The summed E-state index contributed by atoms with van der Waals surface area (Å²) in [5.74, 6) is 0.789. The highest BCUT2D eigenvalue weighted by molar-refractivity contribution is 6.48. The van der Waals surface area contributed by atoms with Gasteiger partial charge in [-0.2, -0.15) is 0 Å². The van der Waals surface area contributed by atoms with Crippen molar-refractivity contribution in [2.75, 3.05) is 20.8 Å². The molecule has 0 unspecified atom stereocenters. The predicted octanol–water partition coefficient (Wildman–Crippen LogP) is 3.84. The number of allylic oxidation sites excluding steroid dienone is 1. The Morgan fingerprint density at radius 1 is 1.11 bits per heavy atom. The number of carbonyl (C=O) groups excluding carboxylic acids is 1. The average molecular weight is 373 g/mol. The lowest BCUT2D eigenvalue weighted by Gasteiger charge is -2.34. The monoisotopic (exact) mass is 373 g/mol. The predicted molar refractivity (Wildman–Crippen MR) is 104 cm³/mol. The summed E-state index contributed by atoms with van der Waals surface area (Å²) in [6, 6.07) is 7.97. The van der Waals surface area contributed by atoms with E-state index in [1.54, 1.807) is 18.2 Å². The van der Waals surface area contributed by atoms with Crippen LogP contribution in [-0.4, -0.2) is 50.1 Å². The van der Waals surface area contributed by atoms with E-state index >= 15 is 0 Å². The molecule has 0 aliphatic carbocycles. The highest BCUT2D eigenvalue weighted by atomic mass is 16.7. The molecule has 1 amide bonds. The van der Waals surface area contributed by atoms with Crippen molar-refractivity contribution >= 4 is 13.2 Å². The van der Waals surface area contributed by atoms with Gasteiger partial charge < -0.3 is 18.8 Å². The van der Waals surface area contributed by atoms with Gasteiger partial charge in [0, 0.05) is 24.5 Å². The van der Waals surface area contributed by atoms with E-state index in [0.29, 0.717) is 6.54 Å². The van der Waals surface area contributed by atoms with Gasteiger partial charge in [0.25, 0.3) is 0 Å². The summed E-state index contributed by atoms with van der Waals surface area (Å²) in [7, 11) is 2.60. The van der Waals surface area contributed by atoms with E-state index < -0.39 is 18.3 Å². The van der Waals surface area contributed by atoms with Crippen LogP contribution in [0.5, 0.6) is 5.75 Å². The molecule has 0 bridgehead atoms. The van der Waals surface area contributed by atoms with E-state index in [1.165, 1.54) is 7.11 Å². The molecule has 1 aromatic rings. The lowest BCUT2D eigenvalue weighted by atomic mass is 9.62. The second-order valence-corrected chi connectivity index (χ2v) is 8.05. The van der Waals surface area contributed by atoms with Crippen molar-refractivity contribution < 1.29 is 23.6 Å². The minimum absolute atomic E-state index is 0.0477. The first kappa shape index (κ1) is 19.8. The van der Waals surface area contributed by atoms with Gasteiger partial charge in [-0.1, -0.05) is 18.2 Å². The zero-order chi connectivity index (χ0) is 19.8.